The molecule has 0 bridgehead atoms. The summed E-state index contributed by atoms with van der Waals surface area (Å²) < 4.78 is 4.69. The lowest BCUT2D eigenvalue weighted by Gasteiger charge is -2.22. The van der Waals surface area contributed by atoms with E-state index in [-0.39, 0.29) is 5.91 Å². The molecule has 0 saturated heterocycles. The molecule has 3 rings (SSSR count). The van der Waals surface area contributed by atoms with E-state index < -0.39 is 5.97 Å². The summed E-state index contributed by atoms with van der Waals surface area (Å²) in [5.74, 6) is -0.451. The van der Waals surface area contributed by atoms with Gasteiger partial charge in [0.1, 0.15) is 0 Å². The fraction of sp³-hybridized carbons (Fsp3) is 0.263. The number of hydrogen-bond acceptors (Lipinski definition) is 4. The third kappa shape index (κ3) is 3.31. The maximum absolute atomic E-state index is 13.0. The third-order valence-corrected chi connectivity index (χ3v) is 5.28. The highest BCUT2D eigenvalue weighted by Gasteiger charge is 2.25. The fourth-order valence-corrected chi connectivity index (χ4v) is 3.83. The number of fused-ring (bicyclic) bond motifs is 1. The van der Waals surface area contributed by atoms with E-state index in [0.717, 1.165) is 17.0 Å². The first-order valence-electron chi connectivity index (χ1n) is 7.86. The Kier molecular flexibility index (Phi) is 4.90. The van der Waals surface area contributed by atoms with Gasteiger partial charge < -0.3 is 9.64 Å². The molecule has 0 aromatic heterocycles. The van der Waals surface area contributed by atoms with Gasteiger partial charge in [-0.3, -0.25) is 4.79 Å². The average molecular weight is 341 g/mol. The Morgan fingerprint density at radius 1 is 1.08 bits per heavy atom. The summed E-state index contributed by atoms with van der Waals surface area (Å²) in [7, 11) is 1.34. The van der Waals surface area contributed by atoms with Gasteiger partial charge in [-0.15, -0.1) is 11.8 Å². The van der Waals surface area contributed by atoms with Gasteiger partial charge in [-0.1, -0.05) is 19.1 Å². The minimum absolute atomic E-state index is 0.0476. The molecule has 0 N–H and O–H groups in total. The zero-order chi connectivity index (χ0) is 17.1. The van der Waals surface area contributed by atoms with Gasteiger partial charge in [-0.05, 0) is 42.8 Å². The van der Waals surface area contributed by atoms with E-state index in [4.69, 9.17) is 4.74 Å². The SMILES string of the molecule is COC(=O)c1ccc(C(=O)N2CCC(C)Sc3ccccc32)cc1. The number of methoxy groups -OCH3 is 1. The Morgan fingerprint density at radius 3 is 2.46 bits per heavy atom. The number of carbonyl (C=O) groups excluding carboxylic acids is 2. The molecule has 1 heterocycles. The highest BCUT2D eigenvalue weighted by Crippen LogP contribution is 2.37. The van der Waals surface area contributed by atoms with Crippen molar-refractivity contribution >= 4 is 29.3 Å². The largest absolute Gasteiger partial charge is 0.465 e. The van der Waals surface area contributed by atoms with Gasteiger partial charge in [0.2, 0.25) is 0 Å². The second kappa shape index (κ2) is 7.09. The maximum atomic E-state index is 13.0. The van der Waals surface area contributed by atoms with Crippen molar-refractivity contribution in [3.63, 3.8) is 0 Å². The van der Waals surface area contributed by atoms with Crippen LogP contribution in [0.25, 0.3) is 0 Å². The number of para-hydroxylation sites is 1. The van der Waals surface area contributed by atoms with Crippen LogP contribution >= 0.6 is 11.8 Å². The lowest BCUT2D eigenvalue weighted by atomic mass is 10.1. The summed E-state index contributed by atoms with van der Waals surface area (Å²) in [5.41, 5.74) is 1.96. The molecule has 1 amide bonds. The number of nitrogens with zero attached hydrogens (tertiary/aromatic N) is 1. The third-order valence-electron chi connectivity index (χ3n) is 4.04. The predicted molar refractivity (Wildman–Crippen MR) is 95.8 cm³/mol. The van der Waals surface area contributed by atoms with E-state index >= 15 is 0 Å². The molecule has 0 spiro atoms. The Labute approximate surface area is 145 Å². The van der Waals surface area contributed by atoms with Crippen LogP contribution in [0.2, 0.25) is 0 Å². The molecule has 4 nitrogen and oxygen atoms in total. The number of ether oxygens (including phenoxy) is 1. The first-order valence-corrected chi connectivity index (χ1v) is 8.74. The Bertz CT molecular complexity index is 757. The van der Waals surface area contributed by atoms with Crippen LogP contribution in [0, 0.1) is 0 Å². The van der Waals surface area contributed by atoms with Crippen LogP contribution in [0.1, 0.15) is 34.1 Å². The van der Waals surface area contributed by atoms with Gasteiger partial charge in [-0.25, -0.2) is 4.79 Å². The van der Waals surface area contributed by atoms with Crippen molar-refractivity contribution in [3.05, 3.63) is 59.7 Å². The molecule has 1 atom stereocenters. The molecule has 1 aliphatic heterocycles. The first kappa shape index (κ1) is 16.6. The number of hydrogen-bond donors (Lipinski definition) is 0. The Morgan fingerprint density at radius 2 is 1.75 bits per heavy atom. The predicted octanol–water partition coefficient (Wildman–Crippen LogP) is 4.00. The average Bonchev–Trinajstić information content (AvgIpc) is 2.78. The second-order valence-corrected chi connectivity index (χ2v) is 7.19. The van der Waals surface area contributed by atoms with Crippen molar-refractivity contribution in [2.45, 2.75) is 23.5 Å². The Hall–Kier alpha value is -2.27. The highest BCUT2D eigenvalue weighted by atomic mass is 32.2. The maximum Gasteiger partial charge on any atom is 0.337 e. The van der Waals surface area contributed by atoms with Crippen LogP contribution in [-0.4, -0.2) is 30.8 Å². The molecule has 124 valence electrons. The first-order chi connectivity index (χ1) is 11.6. The quantitative estimate of drug-likeness (QED) is 0.775. The zero-order valence-corrected chi connectivity index (χ0v) is 14.5. The fourth-order valence-electron chi connectivity index (χ4n) is 2.72. The molecule has 1 unspecified atom stereocenters. The number of anilines is 1. The van der Waals surface area contributed by atoms with Crippen LogP contribution < -0.4 is 4.90 Å². The summed E-state index contributed by atoms with van der Waals surface area (Å²) in [6.45, 7) is 2.86. The number of thioether (sulfide) groups is 1. The summed E-state index contributed by atoms with van der Waals surface area (Å²) in [4.78, 5) is 27.5. The molecule has 2 aromatic rings. The van der Waals surface area contributed by atoms with Gasteiger partial charge >= 0.3 is 5.97 Å². The molecule has 0 saturated carbocycles. The highest BCUT2D eigenvalue weighted by molar-refractivity contribution is 8.00. The summed E-state index contributed by atoms with van der Waals surface area (Å²) >= 11 is 1.80. The van der Waals surface area contributed by atoms with E-state index in [1.165, 1.54) is 7.11 Å². The number of rotatable bonds is 2. The van der Waals surface area contributed by atoms with E-state index in [0.29, 0.717) is 22.9 Å². The van der Waals surface area contributed by atoms with E-state index in [9.17, 15) is 9.59 Å². The zero-order valence-electron chi connectivity index (χ0n) is 13.7. The molecule has 24 heavy (non-hydrogen) atoms. The molecule has 0 fully saturated rings. The molecule has 0 aliphatic carbocycles. The minimum Gasteiger partial charge on any atom is -0.465 e. The minimum atomic E-state index is -0.403. The smallest absolute Gasteiger partial charge is 0.337 e. The normalized spacial score (nSPS) is 16.9. The molecule has 1 aliphatic rings. The van der Waals surface area contributed by atoms with Gasteiger partial charge in [0.15, 0.2) is 0 Å². The van der Waals surface area contributed by atoms with Crippen LogP contribution in [-0.2, 0) is 4.74 Å². The van der Waals surface area contributed by atoms with Gasteiger partial charge in [0.25, 0.3) is 5.91 Å². The van der Waals surface area contributed by atoms with Crippen LogP contribution in [0.4, 0.5) is 5.69 Å². The molecule has 2 aromatic carbocycles. The Balaban J connectivity index is 1.90. The molecular formula is C19H19NO3S. The van der Waals surface area contributed by atoms with Crippen molar-refractivity contribution in [1.29, 1.82) is 0 Å². The van der Waals surface area contributed by atoms with Crippen molar-refractivity contribution in [2.75, 3.05) is 18.6 Å². The second-order valence-electron chi connectivity index (χ2n) is 5.71. The van der Waals surface area contributed by atoms with Gasteiger partial charge in [0.05, 0.1) is 18.4 Å². The standard InChI is InChI=1S/C19H19NO3S/c1-13-11-12-20(16-5-3-4-6-17(16)24-13)18(21)14-7-9-15(10-8-14)19(22)23-2/h3-10,13H,11-12H2,1-2H3. The van der Waals surface area contributed by atoms with Crippen molar-refractivity contribution in [1.82, 2.24) is 0 Å². The summed E-state index contributed by atoms with van der Waals surface area (Å²) in [6.07, 6.45) is 0.936. The topological polar surface area (TPSA) is 46.6 Å². The lowest BCUT2D eigenvalue weighted by molar-refractivity contribution is 0.0600. The monoisotopic (exact) mass is 341 g/mol. The number of amides is 1. The number of benzene rings is 2. The molecular weight excluding hydrogens is 322 g/mol. The summed E-state index contributed by atoms with van der Waals surface area (Å²) in [5, 5.41) is 0.464. The summed E-state index contributed by atoms with van der Waals surface area (Å²) in [6, 6.07) is 14.6. The molecule has 5 heteroatoms. The van der Waals surface area contributed by atoms with E-state index in [2.05, 4.69) is 13.0 Å². The van der Waals surface area contributed by atoms with Crippen LogP contribution in [0.15, 0.2) is 53.4 Å². The van der Waals surface area contributed by atoms with Crippen LogP contribution in [0.3, 0.4) is 0 Å². The van der Waals surface area contributed by atoms with Crippen LogP contribution in [0.5, 0.6) is 0 Å². The van der Waals surface area contributed by atoms with Crippen molar-refractivity contribution < 1.29 is 14.3 Å². The van der Waals surface area contributed by atoms with Gasteiger partial charge in [-0.2, -0.15) is 0 Å². The van der Waals surface area contributed by atoms with E-state index in [1.54, 1.807) is 36.0 Å². The van der Waals surface area contributed by atoms with Gasteiger partial charge in [0, 0.05) is 22.3 Å². The lowest BCUT2D eigenvalue weighted by Crippen LogP contribution is -2.32. The number of esters is 1. The molecule has 0 radical (unpaired) electrons. The van der Waals surface area contributed by atoms with E-state index in [1.807, 2.05) is 23.1 Å². The van der Waals surface area contributed by atoms with Crippen molar-refractivity contribution in [2.24, 2.45) is 0 Å². The number of carbonyl (C=O) groups is 2. The van der Waals surface area contributed by atoms with Crippen molar-refractivity contribution in [3.8, 4) is 0 Å².